The van der Waals surface area contributed by atoms with Crippen LogP contribution < -0.4 is 13.8 Å². The third-order valence-electron chi connectivity index (χ3n) is 5.31. The maximum atomic E-state index is 13.1. The highest BCUT2D eigenvalue weighted by atomic mass is 79.9. The van der Waals surface area contributed by atoms with E-state index in [9.17, 15) is 23.3 Å². The van der Waals surface area contributed by atoms with Crippen LogP contribution in [-0.4, -0.2) is 30.7 Å². The first-order chi connectivity index (χ1) is 17.9. The molecule has 0 bridgehead atoms. The number of anilines is 1. The third-order valence-corrected chi connectivity index (χ3v) is 9.07. The number of hydrogen-bond acceptors (Lipinski definition) is 9. The second-order valence-electron chi connectivity index (χ2n) is 7.77. The number of carbonyl (C=O) groups is 1. The molecule has 0 aliphatic carbocycles. The zero-order chi connectivity index (χ0) is 27.8. The Morgan fingerprint density at radius 3 is 2.53 bits per heavy atom. The van der Waals surface area contributed by atoms with Crippen LogP contribution in [0.1, 0.15) is 11.1 Å². The molecule has 1 heterocycles. The van der Waals surface area contributed by atoms with E-state index in [1.165, 1.54) is 49.3 Å². The summed E-state index contributed by atoms with van der Waals surface area (Å²) in [5.74, 6) is -0.412. The minimum atomic E-state index is -4.41. The van der Waals surface area contributed by atoms with Gasteiger partial charge in [-0.25, -0.2) is 0 Å². The quantitative estimate of drug-likeness (QED) is 0.0924. The molecule has 9 nitrogen and oxygen atoms in total. The van der Waals surface area contributed by atoms with Crippen molar-refractivity contribution in [2.24, 2.45) is 0 Å². The second-order valence-corrected chi connectivity index (χ2v) is 12.3. The first-order valence-electron chi connectivity index (χ1n) is 10.5. The summed E-state index contributed by atoms with van der Waals surface area (Å²) in [7, 11) is -3.09. The van der Waals surface area contributed by atoms with Gasteiger partial charge in [-0.15, -0.1) is 0 Å². The normalized spacial score (nSPS) is 14.7. The molecule has 1 saturated heterocycles. The van der Waals surface area contributed by atoms with Crippen LogP contribution >= 0.6 is 51.5 Å². The van der Waals surface area contributed by atoms with Gasteiger partial charge in [0.15, 0.2) is 15.8 Å². The number of aryl methyl sites for hydroxylation is 1. The fraction of sp³-hybridized carbons (Fsp3) is 0.0833. The molecule has 196 valence electrons. The number of nitrogens with zero attached hydrogens (tertiary/aromatic N) is 2. The lowest BCUT2D eigenvalue weighted by molar-refractivity contribution is -0.385. The number of nitro groups is 1. The largest absolute Gasteiger partial charge is 0.493 e. The summed E-state index contributed by atoms with van der Waals surface area (Å²) < 4.78 is 37.2. The number of amides is 1. The van der Waals surface area contributed by atoms with Crippen LogP contribution in [0.5, 0.6) is 11.5 Å². The predicted octanol–water partition coefficient (Wildman–Crippen LogP) is 6.50. The molecular weight excluding hydrogens is 640 g/mol. The summed E-state index contributed by atoms with van der Waals surface area (Å²) in [5, 5.41) is 11.6. The number of carbonyl (C=O) groups excluding carboxylic acids is 1. The van der Waals surface area contributed by atoms with Crippen molar-refractivity contribution in [2.45, 2.75) is 11.8 Å². The number of methoxy groups -OCH3 is 1. The van der Waals surface area contributed by atoms with E-state index >= 15 is 0 Å². The van der Waals surface area contributed by atoms with Gasteiger partial charge >= 0.3 is 10.1 Å². The molecule has 0 N–H and O–H groups in total. The topological polar surface area (TPSA) is 116 Å². The van der Waals surface area contributed by atoms with Gasteiger partial charge in [0.05, 0.1) is 27.6 Å². The van der Waals surface area contributed by atoms with Crippen LogP contribution in [0.3, 0.4) is 0 Å². The van der Waals surface area contributed by atoms with E-state index in [1.54, 1.807) is 24.3 Å². The first kappa shape index (κ1) is 28.0. The minimum Gasteiger partial charge on any atom is -0.493 e. The number of benzene rings is 3. The van der Waals surface area contributed by atoms with Gasteiger partial charge in [0, 0.05) is 16.1 Å². The molecule has 0 radical (unpaired) electrons. The minimum absolute atomic E-state index is 0.0686. The Kier molecular flexibility index (Phi) is 8.14. The molecule has 14 heteroatoms. The maximum absolute atomic E-state index is 13.1. The first-order valence-corrected chi connectivity index (χ1v) is 14.3. The molecule has 3 aromatic carbocycles. The molecule has 0 atom stereocenters. The lowest BCUT2D eigenvalue weighted by Gasteiger charge is -2.15. The fourth-order valence-electron chi connectivity index (χ4n) is 3.42. The van der Waals surface area contributed by atoms with Crippen molar-refractivity contribution in [2.75, 3.05) is 12.0 Å². The molecule has 1 aliphatic heterocycles. The Morgan fingerprint density at radius 1 is 1.13 bits per heavy atom. The SMILES string of the molecule is COc1cc(/C=C2\SC(=S)N(c3ccc(Br)c(Cl)c3)C2=O)ccc1OS(=O)(=O)c1ccc(C)c([N+](=O)[O-])c1. The standard InChI is InChI=1S/C24H16BrClN2O7S3/c1-13-3-6-16(12-19(13)28(30)31)38(32,33)35-20-8-4-14(9-21(20)34-2)10-22-23(29)27(24(36)37-22)15-5-7-17(25)18(26)11-15/h3-12H,1-2H3/b22-10-. The average molecular weight is 656 g/mol. The molecular formula is C24H16BrClN2O7S3. The van der Waals surface area contributed by atoms with E-state index < -0.39 is 15.0 Å². The van der Waals surface area contributed by atoms with E-state index in [0.29, 0.717) is 35.5 Å². The molecule has 4 rings (SSSR count). The number of hydrogen-bond donors (Lipinski definition) is 0. The summed E-state index contributed by atoms with van der Waals surface area (Å²) in [6.45, 7) is 1.50. The molecule has 3 aromatic rings. The molecule has 0 unspecified atom stereocenters. The molecule has 1 amide bonds. The van der Waals surface area contributed by atoms with E-state index in [-0.39, 0.29) is 28.0 Å². The third kappa shape index (κ3) is 5.71. The van der Waals surface area contributed by atoms with Gasteiger partial charge in [-0.3, -0.25) is 19.8 Å². The number of halogens is 2. The molecule has 0 saturated carbocycles. The smallest absolute Gasteiger partial charge is 0.339 e. The summed E-state index contributed by atoms with van der Waals surface area (Å²) in [6.07, 6.45) is 1.59. The van der Waals surface area contributed by atoms with Crippen LogP contribution in [0.2, 0.25) is 5.02 Å². The van der Waals surface area contributed by atoms with Crippen LogP contribution in [0.4, 0.5) is 11.4 Å². The number of thiocarbonyl (C=S) groups is 1. The monoisotopic (exact) mass is 654 g/mol. The Hall–Kier alpha value is -2.97. The lowest BCUT2D eigenvalue weighted by atomic mass is 10.2. The van der Waals surface area contributed by atoms with Crippen LogP contribution in [0.15, 0.2) is 68.9 Å². The number of rotatable bonds is 7. The number of thioether (sulfide) groups is 1. The molecule has 1 aliphatic rings. The van der Waals surface area contributed by atoms with Gasteiger partial charge in [-0.1, -0.05) is 47.7 Å². The molecule has 1 fully saturated rings. The predicted molar refractivity (Wildman–Crippen MR) is 153 cm³/mol. The van der Waals surface area contributed by atoms with Crippen molar-refractivity contribution in [3.8, 4) is 11.5 Å². The average Bonchev–Trinajstić information content (AvgIpc) is 3.14. The fourth-order valence-corrected chi connectivity index (χ4v) is 6.10. The van der Waals surface area contributed by atoms with Gasteiger partial charge in [-0.2, -0.15) is 8.42 Å². The van der Waals surface area contributed by atoms with Gasteiger partial charge < -0.3 is 8.92 Å². The van der Waals surface area contributed by atoms with Crippen molar-refractivity contribution in [1.29, 1.82) is 0 Å². The van der Waals surface area contributed by atoms with Crippen molar-refractivity contribution in [3.05, 3.63) is 90.2 Å². The highest BCUT2D eigenvalue weighted by Crippen LogP contribution is 2.39. The van der Waals surface area contributed by atoms with Gasteiger partial charge in [0.25, 0.3) is 11.6 Å². The van der Waals surface area contributed by atoms with E-state index in [0.717, 1.165) is 17.8 Å². The zero-order valence-corrected chi connectivity index (χ0v) is 24.3. The summed E-state index contributed by atoms with van der Waals surface area (Å²) in [6, 6.07) is 12.9. The van der Waals surface area contributed by atoms with E-state index in [1.807, 2.05) is 0 Å². The maximum Gasteiger partial charge on any atom is 0.339 e. The van der Waals surface area contributed by atoms with Crippen LogP contribution in [-0.2, 0) is 14.9 Å². The van der Waals surface area contributed by atoms with Crippen molar-refractivity contribution in [3.63, 3.8) is 0 Å². The Morgan fingerprint density at radius 2 is 1.87 bits per heavy atom. The number of ether oxygens (including phenoxy) is 1. The summed E-state index contributed by atoms with van der Waals surface area (Å²) in [5.41, 5.74) is 1.00. The highest BCUT2D eigenvalue weighted by Gasteiger charge is 2.33. The van der Waals surface area contributed by atoms with Gasteiger partial charge in [0.2, 0.25) is 0 Å². The van der Waals surface area contributed by atoms with Gasteiger partial charge in [0.1, 0.15) is 4.90 Å². The zero-order valence-electron chi connectivity index (χ0n) is 19.5. The van der Waals surface area contributed by atoms with Crippen LogP contribution in [0.25, 0.3) is 6.08 Å². The summed E-state index contributed by atoms with van der Waals surface area (Å²) in [4.78, 5) is 25.0. The Bertz CT molecular complexity index is 1640. The molecule has 0 spiro atoms. The van der Waals surface area contributed by atoms with Crippen molar-refractivity contribution in [1.82, 2.24) is 0 Å². The lowest BCUT2D eigenvalue weighted by Crippen LogP contribution is -2.27. The van der Waals surface area contributed by atoms with Crippen molar-refractivity contribution >= 4 is 89.3 Å². The Labute approximate surface area is 240 Å². The molecule has 0 aromatic heterocycles. The second kappa shape index (κ2) is 11.0. The van der Waals surface area contributed by atoms with E-state index in [4.69, 9.17) is 32.7 Å². The summed E-state index contributed by atoms with van der Waals surface area (Å²) >= 11 is 16.0. The van der Waals surface area contributed by atoms with E-state index in [2.05, 4.69) is 15.9 Å². The number of nitro benzene ring substituents is 1. The van der Waals surface area contributed by atoms with Gasteiger partial charge in [-0.05, 0) is 70.9 Å². The Balaban J connectivity index is 1.61. The molecule has 38 heavy (non-hydrogen) atoms. The highest BCUT2D eigenvalue weighted by molar-refractivity contribution is 9.10. The van der Waals surface area contributed by atoms with Crippen LogP contribution in [0, 0.1) is 17.0 Å². The van der Waals surface area contributed by atoms with Crippen molar-refractivity contribution < 1.29 is 27.1 Å².